The molecule has 5 heteroatoms. The number of para-hydroxylation sites is 3. The fraction of sp³-hybridized carbons (Fsp3) is 0.0154. The number of benzene rings is 10. The molecule has 0 atom stereocenters. The zero-order valence-corrected chi connectivity index (χ0v) is 37.7. The summed E-state index contributed by atoms with van der Waals surface area (Å²) in [6.45, 7) is 0. The van der Waals surface area contributed by atoms with Crippen molar-refractivity contribution >= 4 is 43.6 Å². The van der Waals surface area contributed by atoms with Crippen molar-refractivity contribution in [2.24, 2.45) is 0 Å². The first-order chi connectivity index (χ1) is 34.6. The van der Waals surface area contributed by atoms with Crippen LogP contribution >= 0.6 is 0 Å². The number of aromatic nitrogens is 4. The molecule has 3 heterocycles. The molecule has 0 amide bonds. The third-order valence-corrected chi connectivity index (χ3v) is 15.0. The topological polar surface area (TPSA) is 35.6 Å². The standard InChI is InChI=1S/C65H39FN4/c66-44-30-32-49-48-31-27-43(37-56(48)65(57(49)38-44)54-23-11-7-19-46(54)47-20-8-12-24-55(47)65)59-39-58(40-15-3-1-4-16-40)67-64(68-59)70-61-26-14-10-22-51(61)53-36-42(29-34-63(53)70)41-28-33-62-52(35-41)50-21-9-13-25-60(50)69(62)45-17-5-2-6-18-45/h1-39H. The number of halogens is 1. The minimum absolute atomic E-state index is 0.243. The van der Waals surface area contributed by atoms with Crippen LogP contribution in [0.1, 0.15) is 22.3 Å². The molecule has 2 aliphatic carbocycles. The molecule has 0 aliphatic heterocycles. The zero-order chi connectivity index (χ0) is 46.1. The Kier molecular flexibility index (Phi) is 8.14. The Morgan fingerprint density at radius 1 is 0.314 bits per heavy atom. The average Bonchev–Trinajstić information content (AvgIpc) is 4.12. The lowest BCUT2D eigenvalue weighted by Crippen LogP contribution is -2.26. The monoisotopic (exact) mass is 894 g/mol. The van der Waals surface area contributed by atoms with Crippen LogP contribution in [0, 0.1) is 5.82 Å². The van der Waals surface area contributed by atoms with E-state index in [0.29, 0.717) is 5.95 Å². The second kappa shape index (κ2) is 14.7. The summed E-state index contributed by atoms with van der Waals surface area (Å²) < 4.78 is 20.2. The van der Waals surface area contributed by atoms with E-state index in [9.17, 15) is 0 Å². The summed E-state index contributed by atoms with van der Waals surface area (Å²) in [5.41, 5.74) is 19.6. The molecule has 0 fully saturated rings. The van der Waals surface area contributed by atoms with E-state index in [1.807, 2.05) is 12.1 Å². The van der Waals surface area contributed by atoms with Crippen molar-refractivity contribution < 1.29 is 4.39 Å². The maximum absolute atomic E-state index is 15.6. The van der Waals surface area contributed by atoms with Gasteiger partial charge >= 0.3 is 0 Å². The molecule has 1 spiro atoms. The fourth-order valence-electron chi connectivity index (χ4n) is 12.1. The Bertz CT molecular complexity index is 4270. The largest absolute Gasteiger partial charge is 0.309 e. The van der Waals surface area contributed by atoms with Gasteiger partial charge in [-0.15, -0.1) is 0 Å². The third-order valence-electron chi connectivity index (χ3n) is 15.0. The van der Waals surface area contributed by atoms with Gasteiger partial charge in [0.15, 0.2) is 0 Å². The Hall–Kier alpha value is -9.19. The van der Waals surface area contributed by atoms with Gasteiger partial charge in [0.1, 0.15) is 5.82 Å². The second-order valence-electron chi connectivity index (χ2n) is 18.6. The molecule has 10 aromatic carbocycles. The first kappa shape index (κ1) is 38.9. The Labute approximate surface area is 402 Å². The molecule has 0 saturated carbocycles. The van der Waals surface area contributed by atoms with Crippen LogP contribution in [0.5, 0.6) is 0 Å². The van der Waals surface area contributed by atoms with Crippen LogP contribution in [-0.4, -0.2) is 19.1 Å². The lowest BCUT2D eigenvalue weighted by atomic mass is 9.70. The molecule has 4 nitrogen and oxygen atoms in total. The highest BCUT2D eigenvalue weighted by molar-refractivity contribution is 6.12. The van der Waals surface area contributed by atoms with Gasteiger partial charge in [-0.2, -0.15) is 0 Å². The van der Waals surface area contributed by atoms with Crippen LogP contribution in [0.2, 0.25) is 0 Å². The van der Waals surface area contributed by atoms with Crippen LogP contribution in [0.4, 0.5) is 4.39 Å². The molecule has 0 N–H and O–H groups in total. The number of rotatable bonds is 5. The highest BCUT2D eigenvalue weighted by Gasteiger charge is 2.51. The highest BCUT2D eigenvalue weighted by atomic mass is 19.1. The van der Waals surface area contributed by atoms with Crippen LogP contribution in [0.3, 0.4) is 0 Å². The average molecular weight is 895 g/mol. The van der Waals surface area contributed by atoms with E-state index in [2.05, 4.69) is 221 Å². The van der Waals surface area contributed by atoms with Gasteiger partial charge in [0.25, 0.3) is 0 Å². The lowest BCUT2D eigenvalue weighted by Gasteiger charge is -2.30. The summed E-state index contributed by atoms with van der Waals surface area (Å²) in [5.74, 6) is 0.343. The van der Waals surface area contributed by atoms with Crippen molar-refractivity contribution in [3.8, 4) is 67.5 Å². The number of hydrogen-bond donors (Lipinski definition) is 0. The quantitative estimate of drug-likeness (QED) is 0.173. The molecule has 0 radical (unpaired) electrons. The molecule has 326 valence electrons. The third kappa shape index (κ3) is 5.40. The van der Waals surface area contributed by atoms with Crippen molar-refractivity contribution in [1.82, 2.24) is 19.1 Å². The van der Waals surface area contributed by atoms with Crippen molar-refractivity contribution in [2.75, 3.05) is 0 Å². The van der Waals surface area contributed by atoms with E-state index in [0.717, 1.165) is 94.5 Å². The van der Waals surface area contributed by atoms with Gasteiger partial charge in [-0.1, -0.05) is 164 Å². The molecular weight excluding hydrogens is 856 g/mol. The molecule has 0 unspecified atom stereocenters. The van der Waals surface area contributed by atoms with Crippen molar-refractivity contribution in [1.29, 1.82) is 0 Å². The molecule has 0 saturated heterocycles. The smallest absolute Gasteiger partial charge is 0.235 e. The van der Waals surface area contributed by atoms with Gasteiger partial charge < -0.3 is 4.57 Å². The molecule has 3 aromatic heterocycles. The van der Waals surface area contributed by atoms with Gasteiger partial charge in [-0.25, -0.2) is 14.4 Å². The molecule has 0 bridgehead atoms. The van der Waals surface area contributed by atoms with Gasteiger partial charge in [0.05, 0.1) is 38.9 Å². The summed E-state index contributed by atoms with van der Waals surface area (Å²) in [5, 5.41) is 4.69. The maximum atomic E-state index is 15.6. The molecule has 15 rings (SSSR count). The van der Waals surface area contributed by atoms with E-state index in [-0.39, 0.29) is 5.82 Å². The SMILES string of the molecule is Fc1ccc2c(c1)C1(c3ccccc3-c3ccccc31)c1cc(-c3cc(-c4ccccc4)nc(-n4c5ccccc5c5cc(-c6ccc7c(c6)c6ccccc6n7-c6ccccc6)ccc54)n3)ccc1-2. The summed E-state index contributed by atoms with van der Waals surface area (Å²) in [7, 11) is 0. The van der Waals surface area contributed by atoms with Crippen LogP contribution < -0.4 is 0 Å². The Balaban J connectivity index is 0.924. The Morgan fingerprint density at radius 2 is 0.786 bits per heavy atom. The van der Waals surface area contributed by atoms with E-state index in [1.54, 1.807) is 12.1 Å². The summed E-state index contributed by atoms with van der Waals surface area (Å²) in [6, 6.07) is 83.2. The van der Waals surface area contributed by atoms with E-state index in [4.69, 9.17) is 9.97 Å². The fourth-order valence-corrected chi connectivity index (χ4v) is 12.1. The minimum atomic E-state index is -0.706. The van der Waals surface area contributed by atoms with E-state index in [1.165, 1.54) is 32.9 Å². The van der Waals surface area contributed by atoms with Crippen molar-refractivity contribution in [3.05, 3.63) is 265 Å². The first-order valence-corrected chi connectivity index (χ1v) is 23.8. The highest BCUT2D eigenvalue weighted by Crippen LogP contribution is 2.63. The van der Waals surface area contributed by atoms with Crippen molar-refractivity contribution in [2.45, 2.75) is 5.41 Å². The summed E-state index contributed by atoms with van der Waals surface area (Å²) in [6.07, 6.45) is 0. The lowest BCUT2D eigenvalue weighted by molar-refractivity contribution is 0.622. The van der Waals surface area contributed by atoms with E-state index >= 15 is 4.39 Å². The molecule has 2 aliphatic rings. The number of hydrogen-bond acceptors (Lipinski definition) is 2. The predicted molar refractivity (Wildman–Crippen MR) is 283 cm³/mol. The van der Waals surface area contributed by atoms with Crippen LogP contribution in [0.25, 0.3) is 111 Å². The summed E-state index contributed by atoms with van der Waals surface area (Å²) >= 11 is 0. The van der Waals surface area contributed by atoms with Crippen LogP contribution in [-0.2, 0) is 5.41 Å². The van der Waals surface area contributed by atoms with Gasteiger partial charge in [0.2, 0.25) is 5.95 Å². The zero-order valence-electron chi connectivity index (χ0n) is 37.7. The van der Waals surface area contributed by atoms with E-state index < -0.39 is 5.41 Å². The molecule has 13 aromatic rings. The van der Waals surface area contributed by atoms with Gasteiger partial charge in [-0.05, 0) is 128 Å². The number of nitrogens with zero attached hydrogens (tertiary/aromatic N) is 4. The molecular formula is C65H39FN4. The van der Waals surface area contributed by atoms with Gasteiger partial charge in [0, 0.05) is 38.4 Å². The molecule has 70 heavy (non-hydrogen) atoms. The summed E-state index contributed by atoms with van der Waals surface area (Å²) in [4.78, 5) is 10.9. The Morgan fingerprint density at radius 3 is 1.44 bits per heavy atom. The van der Waals surface area contributed by atoms with Crippen molar-refractivity contribution in [3.63, 3.8) is 0 Å². The maximum Gasteiger partial charge on any atom is 0.235 e. The normalized spacial score (nSPS) is 13.0. The van der Waals surface area contributed by atoms with Crippen LogP contribution in [0.15, 0.2) is 237 Å². The second-order valence-corrected chi connectivity index (χ2v) is 18.6. The predicted octanol–water partition coefficient (Wildman–Crippen LogP) is 16.2. The van der Waals surface area contributed by atoms with Gasteiger partial charge in [-0.3, -0.25) is 4.57 Å². The number of fused-ring (bicyclic) bond motifs is 16. The minimum Gasteiger partial charge on any atom is -0.309 e. The first-order valence-electron chi connectivity index (χ1n) is 23.8.